The van der Waals surface area contributed by atoms with Crippen LogP contribution < -0.4 is 0 Å². The largest absolute Gasteiger partial charge is 0.465 e. The molecule has 3 aliphatic heterocycles. The van der Waals surface area contributed by atoms with Gasteiger partial charge in [-0.05, 0) is 56.7 Å². The van der Waals surface area contributed by atoms with E-state index in [1.165, 1.54) is 4.90 Å². The second kappa shape index (κ2) is 12.8. The first-order chi connectivity index (χ1) is 22.3. The van der Waals surface area contributed by atoms with E-state index in [-0.39, 0.29) is 25.7 Å². The highest BCUT2D eigenvalue weighted by atomic mass is 16.6. The molecule has 11 nitrogen and oxygen atoms in total. The SMILES string of the molecule is C=CCCCCOC(=O)[C@@H]1[C@H]2C(=O)N([C@H](CO)c3ccccc3)C(C(=O)N(CC=C)Cn3nnc4ccccc43)C23CC[C@@]1(C)O3. The Hall–Kier alpha value is -4.35. The van der Waals surface area contributed by atoms with Crippen molar-refractivity contribution >= 4 is 28.8 Å². The van der Waals surface area contributed by atoms with E-state index in [4.69, 9.17) is 9.47 Å². The highest BCUT2D eigenvalue weighted by molar-refractivity contribution is 5.98. The van der Waals surface area contributed by atoms with Crippen LogP contribution in [0.3, 0.4) is 0 Å². The maximum Gasteiger partial charge on any atom is 0.312 e. The zero-order valence-corrected chi connectivity index (χ0v) is 26.2. The van der Waals surface area contributed by atoms with Crippen molar-refractivity contribution in [2.45, 2.75) is 69.0 Å². The molecule has 46 heavy (non-hydrogen) atoms. The highest BCUT2D eigenvalue weighted by Gasteiger charge is 2.79. The fourth-order valence-electron chi connectivity index (χ4n) is 7.75. The number of aliphatic hydroxyl groups excluding tert-OH is 1. The molecule has 6 rings (SSSR count). The molecular weight excluding hydrogens is 586 g/mol. The van der Waals surface area contributed by atoms with Gasteiger partial charge in [-0.25, -0.2) is 4.68 Å². The number of benzene rings is 2. The Morgan fingerprint density at radius 3 is 2.63 bits per heavy atom. The van der Waals surface area contributed by atoms with E-state index in [0.717, 1.165) is 18.4 Å². The first kappa shape index (κ1) is 31.6. The Labute approximate surface area is 268 Å². The second-order valence-corrected chi connectivity index (χ2v) is 12.6. The number of esters is 1. The predicted octanol–water partition coefficient (Wildman–Crippen LogP) is 3.80. The molecule has 3 fully saturated rings. The molecule has 3 saturated heterocycles. The van der Waals surface area contributed by atoms with Gasteiger partial charge in [-0.3, -0.25) is 14.4 Å². The van der Waals surface area contributed by atoms with Gasteiger partial charge in [-0.15, -0.1) is 18.3 Å². The van der Waals surface area contributed by atoms with Gasteiger partial charge in [-0.1, -0.05) is 59.8 Å². The Bertz CT molecular complexity index is 1630. The Kier molecular flexibility index (Phi) is 8.80. The summed E-state index contributed by atoms with van der Waals surface area (Å²) in [5, 5.41) is 19.3. The number of hydrogen-bond donors (Lipinski definition) is 1. The maximum atomic E-state index is 14.9. The van der Waals surface area contributed by atoms with Crippen molar-refractivity contribution in [1.29, 1.82) is 0 Å². The lowest BCUT2D eigenvalue weighted by Gasteiger charge is -2.39. The molecule has 2 aromatic carbocycles. The molecule has 1 aromatic heterocycles. The number of hydrogen-bond acceptors (Lipinski definition) is 8. The summed E-state index contributed by atoms with van der Waals surface area (Å²) in [6.45, 7) is 9.47. The third-order valence-corrected chi connectivity index (χ3v) is 9.83. The predicted molar refractivity (Wildman–Crippen MR) is 170 cm³/mol. The average Bonchev–Trinajstić information content (AvgIpc) is 3.77. The van der Waals surface area contributed by atoms with Gasteiger partial charge in [0.15, 0.2) is 0 Å². The fourth-order valence-corrected chi connectivity index (χ4v) is 7.75. The molecule has 0 saturated carbocycles. The second-order valence-electron chi connectivity index (χ2n) is 12.6. The number of nitrogens with zero attached hydrogens (tertiary/aromatic N) is 5. The van der Waals surface area contributed by atoms with Gasteiger partial charge in [0.25, 0.3) is 0 Å². The number of unbranched alkanes of at least 4 members (excludes halogenated alkanes) is 2. The van der Waals surface area contributed by atoms with Crippen LogP contribution in [0.2, 0.25) is 0 Å². The van der Waals surface area contributed by atoms with E-state index in [1.807, 2.05) is 67.6 Å². The molecule has 3 aromatic rings. The molecule has 6 atom stereocenters. The average molecular weight is 628 g/mol. The van der Waals surface area contributed by atoms with E-state index in [1.54, 1.807) is 15.7 Å². The van der Waals surface area contributed by atoms with Gasteiger partial charge in [0.2, 0.25) is 11.8 Å². The zero-order chi connectivity index (χ0) is 32.5. The van der Waals surface area contributed by atoms with Crippen LogP contribution in [0.4, 0.5) is 0 Å². The van der Waals surface area contributed by atoms with Gasteiger partial charge in [-0.2, -0.15) is 0 Å². The minimum Gasteiger partial charge on any atom is -0.465 e. The van der Waals surface area contributed by atoms with E-state index in [2.05, 4.69) is 23.5 Å². The molecule has 2 bridgehead atoms. The summed E-state index contributed by atoms with van der Waals surface area (Å²) in [7, 11) is 0. The zero-order valence-electron chi connectivity index (χ0n) is 26.2. The van der Waals surface area contributed by atoms with Crippen molar-refractivity contribution < 1.29 is 29.0 Å². The lowest BCUT2D eigenvalue weighted by atomic mass is 9.66. The number of rotatable bonds is 14. The lowest BCUT2D eigenvalue weighted by molar-refractivity contribution is -0.162. The van der Waals surface area contributed by atoms with Crippen LogP contribution in [-0.2, 0) is 30.5 Å². The van der Waals surface area contributed by atoms with Crippen LogP contribution in [-0.4, -0.2) is 84.7 Å². The maximum absolute atomic E-state index is 14.9. The minimum absolute atomic E-state index is 0.0488. The standard InChI is InChI=1S/C35H41N5O6/c1-4-6-7-13-21-45-33(44)29-28-31(42)40(27(22-41)24-14-9-8-10-15-24)30(35(28)19-18-34(29,3)46-35)32(43)38(20-5-2)23-39-26-17-12-11-16-25(26)36-37-39/h4-5,8-12,14-17,27-30,41H,1-2,6-7,13,18-23H2,3H3/t27-,28+,29+,30?,34-,35?/m1/s1. The number of ether oxygens (including phenoxy) is 2. The van der Waals surface area contributed by atoms with Crippen molar-refractivity contribution in [3.63, 3.8) is 0 Å². The molecule has 0 radical (unpaired) electrons. The molecule has 4 heterocycles. The molecule has 242 valence electrons. The Morgan fingerprint density at radius 1 is 1.13 bits per heavy atom. The number of aromatic nitrogens is 3. The van der Waals surface area contributed by atoms with Crippen molar-refractivity contribution in [3.05, 3.63) is 85.5 Å². The number of aliphatic hydroxyl groups is 1. The number of fused-ring (bicyclic) bond motifs is 2. The van der Waals surface area contributed by atoms with E-state index in [9.17, 15) is 19.5 Å². The monoisotopic (exact) mass is 627 g/mol. The number of allylic oxidation sites excluding steroid dienone is 1. The van der Waals surface area contributed by atoms with E-state index < -0.39 is 53.6 Å². The number of amides is 2. The molecule has 11 heteroatoms. The van der Waals surface area contributed by atoms with Crippen LogP contribution in [0.15, 0.2) is 79.9 Å². The summed E-state index contributed by atoms with van der Waals surface area (Å²) in [4.78, 5) is 46.4. The topological polar surface area (TPSA) is 127 Å². The van der Waals surface area contributed by atoms with E-state index in [0.29, 0.717) is 30.3 Å². The number of carbonyl (C=O) groups excluding carboxylic acids is 3. The molecule has 3 aliphatic rings. The first-order valence-corrected chi connectivity index (χ1v) is 15.9. The minimum atomic E-state index is -1.29. The number of carbonyl (C=O) groups is 3. The fraction of sp³-hybridized carbons (Fsp3) is 0.457. The van der Waals surface area contributed by atoms with Crippen molar-refractivity contribution in [2.24, 2.45) is 11.8 Å². The quantitative estimate of drug-likeness (QED) is 0.163. The Balaban J connectivity index is 1.39. The molecule has 1 spiro atoms. The van der Waals surface area contributed by atoms with Gasteiger partial charge in [0.1, 0.15) is 29.7 Å². The highest BCUT2D eigenvalue weighted by Crippen LogP contribution is 2.64. The van der Waals surface area contributed by atoms with Crippen molar-refractivity contribution in [3.8, 4) is 0 Å². The van der Waals surface area contributed by atoms with Crippen LogP contribution in [0.1, 0.15) is 50.6 Å². The van der Waals surface area contributed by atoms with Gasteiger partial charge in [0.05, 0.1) is 36.3 Å². The first-order valence-electron chi connectivity index (χ1n) is 15.9. The van der Waals surface area contributed by atoms with Gasteiger partial charge >= 0.3 is 5.97 Å². The van der Waals surface area contributed by atoms with Crippen LogP contribution in [0.25, 0.3) is 11.0 Å². The normalized spacial score (nSPS) is 27.0. The van der Waals surface area contributed by atoms with Crippen LogP contribution in [0.5, 0.6) is 0 Å². The summed E-state index contributed by atoms with van der Waals surface area (Å²) in [6.07, 6.45) is 6.65. The lowest BCUT2D eigenvalue weighted by Crippen LogP contribution is -2.57. The van der Waals surface area contributed by atoms with Gasteiger partial charge < -0.3 is 24.4 Å². The summed E-state index contributed by atoms with van der Waals surface area (Å²) in [6, 6.07) is 14.6. The summed E-state index contributed by atoms with van der Waals surface area (Å²) >= 11 is 0. The van der Waals surface area contributed by atoms with Crippen LogP contribution in [0, 0.1) is 11.8 Å². The third-order valence-electron chi connectivity index (χ3n) is 9.83. The molecule has 0 aliphatic carbocycles. The smallest absolute Gasteiger partial charge is 0.312 e. The summed E-state index contributed by atoms with van der Waals surface area (Å²) < 4.78 is 14.2. The molecule has 2 amide bonds. The molecular formula is C35H41N5O6. The molecule has 1 N–H and O–H groups in total. The molecule has 2 unspecified atom stereocenters. The van der Waals surface area contributed by atoms with E-state index >= 15 is 0 Å². The van der Waals surface area contributed by atoms with Gasteiger partial charge in [0, 0.05) is 6.54 Å². The van der Waals surface area contributed by atoms with Crippen LogP contribution >= 0.6 is 0 Å². The van der Waals surface area contributed by atoms with Crippen molar-refractivity contribution in [1.82, 2.24) is 24.8 Å². The third kappa shape index (κ3) is 5.21. The van der Waals surface area contributed by atoms with Crippen molar-refractivity contribution in [2.75, 3.05) is 19.8 Å². The number of para-hydroxylation sites is 1. The Morgan fingerprint density at radius 2 is 1.89 bits per heavy atom. The summed E-state index contributed by atoms with van der Waals surface area (Å²) in [5.41, 5.74) is -0.158. The summed E-state index contributed by atoms with van der Waals surface area (Å²) in [5.74, 6) is -3.12. The number of likely N-dealkylation sites (tertiary alicyclic amines) is 1.